The van der Waals surface area contributed by atoms with Crippen molar-refractivity contribution in [2.45, 2.75) is 76.9 Å². The van der Waals surface area contributed by atoms with E-state index in [4.69, 9.17) is 9.15 Å². The van der Waals surface area contributed by atoms with E-state index in [9.17, 15) is 19.5 Å². The molecular weight excluding hydrogens is 532 g/mol. The number of amides is 1. The predicted molar refractivity (Wildman–Crippen MR) is 157 cm³/mol. The molecule has 1 saturated carbocycles. The molecule has 2 aromatic carbocycles. The van der Waals surface area contributed by atoms with Crippen LogP contribution in [0.25, 0.3) is 11.1 Å². The third kappa shape index (κ3) is 5.85. The molecule has 2 fully saturated rings. The summed E-state index contributed by atoms with van der Waals surface area (Å²) in [6.45, 7) is 2.27. The molecule has 0 radical (unpaired) electrons. The Morgan fingerprint density at radius 3 is 2.81 bits per heavy atom. The zero-order valence-electron chi connectivity index (χ0n) is 24.0. The number of benzene rings is 2. The quantitative estimate of drug-likeness (QED) is 0.380. The number of carbonyl (C=O) groups excluding carboxylic acids is 2. The highest BCUT2D eigenvalue weighted by Crippen LogP contribution is 2.57. The van der Waals surface area contributed by atoms with E-state index in [1.54, 1.807) is 4.90 Å². The van der Waals surface area contributed by atoms with E-state index in [2.05, 4.69) is 23.2 Å². The first-order valence-corrected chi connectivity index (χ1v) is 15.1. The number of allylic oxidation sites excluding steroid dienone is 2. The summed E-state index contributed by atoms with van der Waals surface area (Å²) in [4.78, 5) is 46.7. The molecule has 3 heterocycles. The minimum absolute atomic E-state index is 0.0664. The molecule has 0 unspecified atom stereocenters. The monoisotopic (exact) mass is 570 g/mol. The van der Waals surface area contributed by atoms with Gasteiger partial charge in [-0.2, -0.15) is 4.98 Å². The van der Waals surface area contributed by atoms with Crippen molar-refractivity contribution in [1.82, 2.24) is 9.88 Å². The molecule has 220 valence electrons. The van der Waals surface area contributed by atoms with Gasteiger partial charge in [0.2, 0.25) is 5.91 Å². The lowest BCUT2D eigenvalue weighted by molar-refractivity contribution is -0.147. The number of para-hydroxylation sites is 2. The molecule has 2 aliphatic heterocycles. The zero-order chi connectivity index (χ0) is 29.3. The summed E-state index contributed by atoms with van der Waals surface area (Å²) < 4.78 is 11.9. The van der Waals surface area contributed by atoms with E-state index < -0.39 is 23.5 Å². The highest BCUT2D eigenvalue weighted by atomic mass is 16.6. The van der Waals surface area contributed by atoms with Crippen molar-refractivity contribution < 1.29 is 28.6 Å². The summed E-state index contributed by atoms with van der Waals surface area (Å²) in [7, 11) is 0. The molecule has 42 heavy (non-hydrogen) atoms. The maximum Gasteiger partial charge on any atom is 0.394 e. The van der Waals surface area contributed by atoms with Crippen LogP contribution in [0.2, 0.25) is 0 Å². The Labute approximate surface area is 245 Å². The van der Waals surface area contributed by atoms with Gasteiger partial charge in [-0.1, -0.05) is 67.0 Å². The molecular formula is C34H38N2O6. The predicted octanol–water partition coefficient (Wildman–Crippen LogP) is 5.91. The van der Waals surface area contributed by atoms with E-state index in [-0.39, 0.29) is 49.0 Å². The maximum absolute atomic E-state index is 14.3. The maximum atomic E-state index is 14.3. The number of carboxylic acids is 1. The normalized spacial score (nSPS) is 29.3. The standard InChI is InChI=1S/C34H38N2O6/c1-22-10-9-11-23(16-22)17-24-12-5-3-2-4-6-13-25-19-34(25,32(39)40)20-29(37)28-18-26(21-36(28)31(24)38)41-33-35-27-14-7-8-15-30(27)42-33/h6-11,13-16,24-26,28H,2-5,12,17-21H2,1H3,(H,39,40)/b13-6-/t24-,25+,26-,28+,34-/m1/s1. The summed E-state index contributed by atoms with van der Waals surface area (Å²) >= 11 is 0. The average Bonchev–Trinajstić information content (AvgIpc) is 3.28. The van der Waals surface area contributed by atoms with Gasteiger partial charge in [0.05, 0.1) is 18.0 Å². The molecule has 8 heteroatoms. The number of aromatic nitrogens is 1. The van der Waals surface area contributed by atoms with Gasteiger partial charge in [0.15, 0.2) is 11.4 Å². The van der Waals surface area contributed by atoms with Crippen LogP contribution in [0.5, 0.6) is 6.08 Å². The van der Waals surface area contributed by atoms with Crippen LogP contribution >= 0.6 is 0 Å². The van der Waals surface area contributed by atoms with E-state index in [0.717, 1.165) is 43.2 Å². The number of rotatable bonds is 5. The Morgan fingerprint density at radius 1 is 1.14 bits per heavy atom. The van der Waals surface area contributed by atoms with Crippen LogP contribution in [0.1, 0.15) is 62.5 Å². The first kappa shape index (κ1) is 28.2. The molecule has 3 aliphatic rings. The minimum Gasteiger partial charge on any atom is -0.481 e. The zero-order valence-corrected chi connectivity index (χ0v) is 24.0. The second-order valence-electron chi connectivity index (χ2n) is 12.3. The van der Waals surface area contributed by atoms with Gasteiger partial charge >= 0.3 is 12.0 Å². The number of hydrogen-bond acceptors (Lipinski definition) is 6. The fourth-order valence-corrected chi connectivity index (χ4v) is 6.78. The summed E-state index contributed by atoms with van der Waals surface area (Å²) in [6.07, 6.45) is 9.38. The minimum atomic E-state index is -1.09. The van der Waals surface area contributed by atoms with E-state index in [0.29, 0.717) is 23.9 Å². The van der Waals surface area contributed by atoms with Gasteiger partial charge in [0.1, 0.15) is 11.6 Å². The van der Waals surface area contributed by atoms with Crippen LogP contribution in [0.15, 0.2) is 65.1 Å². The van der Waals surface area contributed by atoms with Gasteiger partial charge in [-0.15, -0.1) is 0 Å². The van der Waals surface area contributed by atoms with Gasteiger partial charge in [0.25, 0.3) is 0 Å². The lowest BCUT2D eigenvalue weighted by atomic mass is 9.90. The van der Waals surface area contributed by atoms with Crippen LogP contribution in [0, 0.1) is 24.2 Å². The number of ketones is 1. The van der Waals surface area contributed by atoms with Crippen molar-refractivity contribution in [3.63, 3.8) is 0 Å². The van der Waals surface area contributed by atoms with Crippen LogP contribution in [-0.2, 0) is 20.8 Å². The first-order valence-electron chi connectivity index (χ1n) is 15.1. The second kappa shape index (κ2) is 11.7. The summed E-state index contributed by atoms with van der Waals surface area (Å²) in [6, 6.07) is 14.8. The Bertz CT molecular complexity index is 1480. The molecule has 1 N–H and O–H groups in total. The molecule has 5 atom stereocenters. The van der Waals surface area contributed by atoms with Crippen molar-refractivity contribution in [1.29, 1.82) is 0 Å². The highest BCUT2D eigenvalue weighted by molar-refractivity contribution is 5.95. The first-order chi connectivity index (χ1) is 20.3. The lowest BCUT2D eigenvalue weighted by Crippen LogP contribution is -2.45. The van der Waals surface area contributed by atoms with E-state index in [1.165, 1.54) is 0 Å². The summed E-state index contributed by atoms with van der Waals surface area (Å²) in [5.41, 5.74) is 2.41. The number of fused-ring (bicyclic) bond motifs is 3. The average molecular weight is 571 g/mol. The molecule has 1 aliphatic carbocycles. The van der Waals surface area contributed by atoms with Crippen LogP contribution < -0.4 is 4.74 Å². The number of carboxylic acid groups (broad SMARTS) is 1. The van der Waals surface area contributed by atoms with Crippen LogP contribution in [0.4, 0.5) is 0 Å². The molecule has 6 rings (SSSR count). The number of carbonyl (C=O) groups is 3. The number of hydrogen-bond donors (Lipinski definition) is 1. The highest BCUT2D eigenvalue weighted by Gasteiger charge is 2.61. The van der Waals surface area contributed by atoms with Crippen LogP contribution in [0.3, 0.4) is 0 Å². The molecule has 1 aromatic heterocycles. The largest absolute Gasteiger partial charge is 0.481 e. The molecule has 3 aromatic rings. The van der Waals surface area contributed by atoms with Gasteiger partial charge in [-0.3, -0.25) is 14.4 Å². The number of Topliss-reactive ketones (excluding diaryl/α,β-unsaturated/α-hetero) is 1. The van der Waals surface area contributed by atoms with Crippen molar-refractivity contribution >= 4 is 28.8 Å². The molecule has 0 spiro atoms. The van der Waals surface area contributed by atoms with E-state index in [1.807, 2.05) is 49.4 Å². The van der Waals surface area contributed by atoms with Gasteiger partial charge in [0, 0.05) is 18.8 Å². The number of ether oxygens (including phenoxy) is 1. The van der Waals surface area contributed by atoms with Gasteiger partial charge in [-0.05, 0) is 62.6 Å². The fraction of sp³-hybridized carbons (Fsp3) is 0.471. The van der Waals surface area contributed by atoms with E-state index >= 15 is 0 Å². The van der Waals surface area contributed by atoms with Crippen LogP contribution in [-0.4, -0.2) is 51.3 Å². The second-order valence-corrected chi connectivity index (χ2v) is 12.3. The fourth-order valence-electron chi connectivity index (χ4n) is 6.78. The number of aryl methyl sites for hydroxylation is 1. The molecule has 8 nitrogen and oxygen atoms in total. The Hall–Kier alpha value is -3.94. The number of nitrogens with zero attached hydrogens (tertiary/aromatic N) is 2. The Balaban J connectivity index is 1.29. The molecule has 1 saturated heterocycles. The van der Waals surface area contributed by atoms with Crippen molar-refractivity contribution in [2.75, 3.05) is 6.54 Å². The number of oxazole rings is 1. The SMILES string of the molecule is Cc1cccc(C[C@H]2CCCCC/C=C\[C@H]3C[C@@]3(C(=O)O)CC(=O)[C@@H]3C[C@@H](Oc4nc5ccccc5o4)CN3C2=O)c1. The van der Waals surface area contributed by atoms with Crippen molar-refractivity contribution in [3.8, 4) is 6.08 Å². The van der Waals surface area contributed by atoms with Gasteiger partial charge in [-0.25, -0.2) is 0 Å². The topological polar surface area (TPSA) is 110 Å². The van der Waals surface area contributed by atoms with Gasteiger partial charge < -0.3 is 19.2 Å². The summed E-state index contributed by atoms with van der Waals surface area (Å²) in [5.74, 6) is -1.66. The third-order valence-electron chi connectivity index (χ3n) is 9.21. The molecule has 1 amide bonds. The van der Waals surface area contributed by atoms with Crippen molar-refractivity contribution in [2.24, 2.45) is 17.3 Å². The lowest BCUT2D eigenvalue weighted by Gasteiger charge is -2.29. The molecule has 0 bridgehead atoms. The summed E-state index contributed by atoms with van der Waals surface area (Å²) in [5, 5.41) is 10.1. The van der Waals surface area contributed by atoms with Crippen molar-refractivity contribution in [3.05, 3.63) is 71.8 Å². The third-order valence-corrected chi connectivity index (χ3v) is 9.21. The smallest absolute Gasteiger partial charge is 0.394 e. The Kier molecular flexibility index (Phi) is 7.88. The number of aliphatic carboxylic acids is 1. The Morgan fingerprint density at radius 2 is 2.00 bits per heavy atom.